The van der Waals surface area contributed by atoms with Crippen LogP contribution in [0.3, 0.4) is 0 Å². The molecule has 3 aliphatic rings. The molecule has 3 fully saturated rings. The first kappa shape index (κ1) is 15.2. The molecule has 1 heterocycles. The highest BCUT2D eigenvalue weighted by atomic mass is 16.2. The molecule has 0 spiro atoms. The Morgan fingerprint density at radius 1 is 1.04 bits per heavy atom. The van der Waals surface area contributed by atoms with Crippen molar-refractivity contribution < 1.29 is 4.79 Å². The SMILES string of the molecule is Cc1ccc(CC2CCN(C3CCC4CCCC3C4)C2=O)cc1. The maximum atomic E-state index is 13.0. The summed E-state index contributed by atoms with van der Waals surface area (Å²) in [5.41, 5.74) is 2.61. The summed E-state index contributed by atoms with van der Waals surface area (Å²) in [6.45, 7) is 3.12. The number of carbonyl (C=O) groups excluding carboxylic acids is 1. The van der Waals surface area contributed by atoms with E-state index >= 15 is 0 Å². The summed E-state index contributed by atoms with van der Waals surface area (Å²) in [4.78, 5) is 15.2. The van der Waals surface area contributed by atoms with E-state index < -0.39 is 0 Å². The van der Waals surface area contributed by atoms with E-state index in [9.17, 15) is 4.79 Å². The smallest absolute Gasteiger partial charge is 0.226 e. The number of benzene rings is 1. The minimum absolute atomic E-state index is 0.221. The van der Waals surface area contributed by atoms with Crippen LogP contribution in [-0.2, 0) is 11.2 Å². The number of carbonyl (C=O) groups is 1. The van der Waals surface area contributed by atoms with Crippen molar-refractivity contribution in [3.8, 4) is 0 Å². The minimum atomic E-state index is 0.221. The summed E-state index contributed by atoms with van der Waals surface area (Å²) in [7, 11) is 0. The zero-order valence-corrected chi connectivity index (χ0v) is 14.3. The largest absolute Gasteiger partial charge is 0.339 e. The van der Waals surface area contributed by atoms with Gasteiger partial charge in [-0.15, -0.1) is 0 Å². The van der Waals surface area contributed by atoms with Crippen molar-refractivity contribution in [2.75, 3.05) is 6.54 Å². The maximum Gasteiger partial charge on any atom is 0.226 e. The first-order valence-corrected chi connectivity index (χ1v) is 9.57. The second kappa shape index (κ2) is 6.30. The van der Waals surface area contributed by atoms with Gasteiger partial charge in [0, 0.05) is 18.5 Å². The molecule has 124 valence electrons. The molecular formula is C21H29NO. The van der Waals surface area contributed by atoms with Gasteiger partial charge in [-0.2, -0.15) is 0 Å². The molecule has 1 saturated heterocycles. The van der Waals surface area contributed by atoms with Gasteiger partial charge in [0.2, 0.25) is 5.91 Å². The Balaban J connectivity index is 1.42. The summed E-state index contributed by atoms with van der Waals surface area (Å²) in [6, 6.07) is 9.27. The fraction of sp³-hybridized carbons (Fsp3) is 0.667. The molecule has 2 bridgehead atoms. The lowest BCUT2D eigenvalue weighted by atomic mass is 9.69. The third-order valence-electron chi connectivity index (χ3n) is 6.59. The zero-order valence-electron chi connectivity index (χ0n) is 14.3. The van der Waals surface area contributed by atoms with E-state index in [0.29, 0.717) is 11.9 Å². The molecule has 1 aliphatic heterocycles. The van der Waals surface area contributed by atoms with Crippen LogP contribution in [0, 0.1) is 24.7 Å². The van der Waals surface area contributed by atoms with E-state index in [4.69, 9.17) is 0 Å². The first-order valence-electron chi connectivity index (χ1n) is 9.57. The lowest BCUT2D eigenvalue weighted by molar-refractivity contribution is -0.135. The Labute approximate surface area is 140 Å². The fourth-order valence-electron chi connectivity index (χ4n) is 5.29. The van der Waals surface area contributed by atoms with Crippen molar-refractivity contribution in [3.63, 3.8) is 0 Å². The van der Waals surface area contributed by atoms with Gasteiger partial charge in [0.1, 0.15) is 0 Å². The number of rotatable bonds is 3. The molecule has 1 aromatic carbocycles. The summed E-state index contributed by atoms with van der Waals surface area (Å²) in [6.07, 6.45) is 10.2. The van der Waals surface area contributed by atoms with Crippen molar-refractivity contribution in [3.05, 3.63) is 35.4 Å². The Hall–Kier alpha value is -1.31. The van der Waals surface area contributed by atoms with E-state index in [1.165, 1.54) is 49.7 Å². The van der Waals surface area contributed by atoms with Crippen LogP contribution in [0.15, 0.2) is 24.3 Å². The number of amides is 1. The van der Waals surface area contributed by atoms with Crippen LogP contribution in [0.4, 0.5) is 0 Å². The van der Waals surface area contributed by atoms with Crippen LogP contribution < -0.4 is 0 Å². The second-order valence-corrected chi connectivity index (χ2v) is 8.14. The van der Waals surface area contributed by atoms with Crippen molar-refractivity contribution in [1.29, 1.82) is 0 Å². The predicted octanol–water partition coefficient (Wildman–Crippen LogP) is 4.35. The number of hydrogen-bond acceptors (Lipinski definition) is 1. The van der Waals surface area contributed by atoms with Gasteiger partial charge in [0.15, 0.2) is 0 Å². The van der Waals surface area contributed by atoms with Crippen LogP contribution >= 0.6 is 0 Å². The Kier molecular flexibility index (Phi) is 4.17. The quantitative estimate of drug-likeness (QED) is 0.812. The van der Waals surface area contributed by atoms with E-state index in [2.05, 4.69) is 36.1 Å². The number of fused-ring (bicyclic) bond motifs is 2. The summed E-state index contributed by atoms with van der Waals surface area (Å²) < 4.78 is 0. The van der Waals surface area contributed by atoms with Gasteiger partial charge < -0.3 is 4.90 Å². The van der Waals surface area contributed by atoms with Gasteiger partial charge in [-0.05, 0) is 62.8 Å². The molecule has 4 atom stereocenters. The molecule has 1 amide bonds. The average molecular weight is 311 g/mol. The van der Waals surface area contributed by atoms with Crippen LogP contribution in [0.2, 0.25) is 0 Å². The molecule has 0 N–H and O–H groups in total. The molecule has 2 aliphatic carbocycles. The zero-order chi connectivity index (χ0) is 15.8. The van der Waals surface area contributed by atoms with Crippen LogP contribution in [0.1, 0.15) is 56.1 Å². The molecule has 2 heteroatoms. The van der Waals surface area contributed by atoms with Gasteiger partial charge in [0.25, 0.3) is 0 Å². The summed E-state index contributed by atoms with van der Waals surface area (Å²) in [5, 5.41) is 0. The van der Waals surface area contributed by atoms with Crippen molar-refractivity contribution in [1.82, 2.24) is 4.90 Å². The molecule has 2 nitrogen and oxygen atoms in total. The minimum Gasteiger partial charge on any atom is -0.339 e. The highest BCUT2D eigenvalue weighted by molar-refractivity contribution is 5.81. The van der Waals surface area contributed by atoms with Gasteiger partial charge in [-0.25, -0.2) is 0 Å². The molecular weight excluding hydrogens is 282 g/mol. The molecule has 1 aromatic rings. The number of hydrogen-bond donors (Lipinski definition) is 0. The topological polar surface area (TPSA) is 20.3 Å². The van der Waals surface area contributed by atoms with Gasteiger partial charge in [-0.3, -0.25) is 4.79 Å². The average Bonchev–Trinajstić information content (AvgIpc) is 2.91. The molecule has 2 saturated carbocycles. The fourth-order valence-corrected chi connectivity index (χ4v) is 5.29. The molecule has 4 rings (SSSR count). The number of nitrogens with zero attached hydrogens (tertiary/aromatic N) is 1. The van der Waals surface area contributed by atoms with E-state index in [-0.39, 0.29) is 5.92 Å². The second-order valence-electron chi connectivity index (χ2n) is 8.14. The molecule has 0 aromatic heterocycles. The van der Waals surface area contributed by atoms with E-state index in [1.807, 2.05) is 0 Å². The maximum absolute atomic E-state index is 13.0. The summed E-state index contributed by atoms with van der Waals surface area (Å²) >= 11 is 0. The summed E-state index contributed by atoms with van der Waals surface area (Å²) in [5.74, 6) is 2.43. The Morgan fingerprint density at radius 3 is 2.70 bits per heavy atom. The predicted molar refractivity (Wildman–Crippen MR) is 93.2 cm³/mol. The third-order valence-corrected chi connectivity index (χ3v) is 6.59. The van der Waals surface area contributed by atoms with Gasteiger partial charge in [-0.1, -0.05) is 42.7 Å². The van der Waals surface area contributed by atoms with E-state index in [0.717, 1.165) is 31.2 Å². The lowest BCUT2D eigenvalue weighted by Crippen LogP contribution is -2.46. The molecule has 23 heavy (non-hydrogen) atoms. The Bertz CT molecular complexity index is 564. The molecule has 4 unspecified atom stereocenters. The van der Waals surface area contributed by atoms with Gasteiger partial charge >= 0.3 is 0 Å². The number of likely N-dealkylation sites (tertiary alicyclic amines) is 1. The monoisotopic (exact) mass is 311 g/mol. The number of aryl methyl sites for hydroxylation is 1. The van der Waals surface area contributed by atoms with Gasteiger partial charge in [0.05, 0.1) is 0 Å². The third kappa shape index (κ3) is 3.05. The van der Waals surface area contributed by atoms with Crippen LogP contribution in [-0.4, -0.2) is 23.4 Å². The van der Waals surface area contributed by atoms with E-state index in [1.54, 1.807) is 0 Å². The highest BCUT2D eigenvalue weighted by Gasteiger charge is 2.42. The molecule has 0 radical (unpaired) electrons. The lowest BCUT2D eigenvalue weighted by Gasteiger charge is -2.44. The first-order chi connectivity index (χ1) is 11.2. The van der Waals surface area contributed by atoms with Crippen molar-refractivity contribution in [2.45, 2.75) is 64.3 Å². The van der Waals surface area contributed by atoms with Crippen LogP contribution in [0.5, 0.6) is 0 Å². The highest BCUT2D eigenvalue weighted by Crippen LogP contribution is 2.43. The standard InChI is InChI=1S/C21H29NO/c1-15-5-7-17(8-6-15)14-19-11-12-22(21(19)23)20-10-9-16-3-2-4-18(20)13-16/h5-8,16,18-20H,2-4,9-14H2,1H3. The van der Waals surface area contributed by atoms with Crippen molar-refractivity contribution in [2.24, 2.45) is 17.8 Å². The van der Waals surface area contributed by atoms with Crippen molar-refractivity contribution >= 4 is 5.91 Å². The Morgan fingerprint density at radius 2 is 1.87 bits per heavy atom. The normalized spacial score (nSPS) is 34.0. The van der Waals surface area contributed by atoms with Crippen LogP contribution in [0.25, 0.3) is 0 Å².